The maximum atomic E-state index is 12.3. The van der Waals surface area contributed by atoms with Gasteiger partial charge < -0.3 is 20.3 Å². The zero-order valence-corrected chi connectivity index (χ0v) is 13.2. The molecule has 7 nitrogen and oxygen atoms in total. The summed E-state index contributed by atoms with van der Waals surface area (Å²) in [7, 11) is 0. The second-order valence-corrected chi connectivity index (χ2v) is 6.21. The molecular weight excluding hydrogens is 284 g/mol. The molecule has 0 aromatic carbocycles. The number of aromatic nitrogens is 1. The lowest BCUT2D eigenvalue weighted by Gasteiger charge is -2.35. The Morgan fingerprint density at radius 1 is 1.14 bits per heavy atom. The standard InChI is InChI=1S/C15H22N4O3/c1-15(2,3)22-14(21)19-9-7-18(8-10-19)13(20)11-5-4-6-12(16)17-11/h4-6H,7-10H2,1-3H3,(H2,16,17). The van der Waals surface area contributed by atoms with Crippen molar-refractivity contribution in [1.82, 2.24) is 14.8 Å². The third kappa shape index (κ3) is 4.09. The Morgan fingerprint density at radius 2 is 1.73 bits per heavy atom. The number of hydrogen-bond acceptors (Lipinski definition) is 5. The first-order chi connectivity index (χ1) is 10.3. The molecule has 120 valence electrons. The summed E-state index contributed by atoms with van der Waals surface area (Å²) in [6.07, 6.45) is -0.346. The molecule has 1 aromatic heterocycles. The van der Waals surface area contributed by atoms with Gasteiger partial charge in [-0.05, 0) is 32.9 Å². The maximum Gasteiger partial charge on any atom is 0.410 e. The van der Waals surface area contributed by atoms with Crippen LogP contribution in [0.25, 0.3) is 0 Å². The molecular formula is C15H22N4O3. The van der Waals surface area contributed by atoms with Gasteiger partial charge in [-0.3, -0.25) is 4.79 Å². The Kier molecular flexibility index (Phi) is 4.54. The van der Waals surface area contributed by atoms with Crippen molar-refractivity contribution in [1.29, 1.82) is 0 Å². The molecule has 0 radical (unpaired) electrons. The van der Waals surface area contributed by atoms with Gasteiger partial charge in [0.1, 0.15) is 17.1 Å². The first kappa shape index (κ1) is 16.1. The normalized spacial score (nSPS) is 15.6. The van der Waals surface area contributed by atoms with Crippen molar-refractivity contribution < 1.29 is 14.3 Å². The van der Waals surface area contributed by atoms with Crippen LogP contribution in [0.1, 0.15) is 31.3 Å². The Hall–Kier alpha value is -2.31. The number of piperazine rings is 1. The van der Waals surface area contributed by atoms with E-state index >= 15 is 0 Å². The molecule has 2 heterocycles. The fourth-order valence-corrected chi connectivity index (χ4v) is 2.15. The van der Waals surface area contributed by atoms with Crippen LogP contribution in [-0.4, -0.2) is 58.6 Å². The Morgan fingerprint density at radius 3 is 2.27 bits per heavy atom. The average Bonchev–Trinajstić information content (AvgIpc) is 2.45. The predicted molar refractivity (Wildman–Crippen MR) is 82.4 cm³/mol. The van der Waals surface area contributed by atoms with Crippen LogP contribution in [0.4, 0.5) is 10.6 Å². The van der Waals surface area contributed by atoms with Crippen molar-refractivity contribution >= 4 is 17.8 Å². The summed E-state index contributed by atoms with van der Waals surface area (Å²) in [6.45, 7) is 7.29. The highest BCUT2D eigenvalue weighted by molar-refractivity contribution is 5.92. The number of hydrogen-bond donors (Lipinski definition) is 1. The fourth-order valence-electron chi connectivity index (χ4n) is 2.15. The minimum absolute atomic E-state index is 0.170. The number of carbonyl (C=O) groups is 2. The van der Waals surface area contributed by atoms with E-state index in [0.29, 0.717) is 37.7 Å². The highest BCUT2D eigenvalue weighted by Crippen LogP contribution is 2.13. The van der Waals surface area contributed by atoms with Crippen molar-refractivity contribution in [2.45, 2.75) is 26.4 Å². The van der Waals surface area contributed by atoms with Crippen molar-refractivity contribution in [3.63, 3.8) is 0 Å². The monoisotopic (exact) mass is 306 g/mol. The molecule has 1 saturated heterocycles. The molecule has 1 aliphatic heterocycles. The molecule has 0 saturated carbocycles. The molecule has 7 heteroatoms. The summed E-state index contributed by atoms with van der Waals surface area (Å²) in [5, 5.41) is 0. The third-order valence-electron chi connectivity index (χ3n) is 3.21. The van der Waals surface area contributed by atoms with E-state index in [1.165, 1.54) is 0 Å². The number of nitrogen functional groups attached to an aromatic ring is 1. The second-order valence-electron chi connectivity index (χ2n) is 6.21. The minimum Gasteiger partial charge on any atom is -0.444 e. The number of nitrogens with zero attached hydrogens (tertiary/aromatic N) is 3. The van der Waals surface area contributed by atoms with E-state index in [1.54, 1.807) is 28.0 Å². The molecule has 2 amide bonds. The molecule has 2 N–H and O–H groups in total. The Balaban J connectivity index is 1.92. The van der Waals surface area contributed by atoms with E-state index in [0.717, 1.165) is 0 Å². The number of anilines is 1. The van der Waals surface area contributed by atoms with Gasteiger partial charge in [-0.15, -0.1) is 0 Å². The minimum atomic E-state index is -0.518. The van der Waals surface area contributed by atoms with E-state index in [1.807, 2.05) is 20.8 Å². The van der Waals surface area contributed by atoms with E-state index in [-0.39, 0.29) is 12.0 Å². The average molecular weight is 306 g/mol. The summed E-state index contributed by atoms with van der Waals surface area (Å²) in [5.41, 5.74) is 5.40. The Bertz CT molecular complexity index is 560. The maximum absolute atomic E-state index is 12.3. The van der Waals surface area contributed by atoms with Gasteiger partial charge in [-0.1, -0.05) is 6.07 Å². The molecule has 2 rings (SSSR count). The van der Waals surface area contributed by atoms with Crippen LogP contribution in [0.15, 0.2) is 18.2 Å². The van der Waals surface area contributed by atoms with Crippen molar-refractivity contribution in [3.05, 3.63) is 23.9 Å². The quantitative estimate of drug-likeness (QED) is 0.846. The zero-order chi connectivity index (χ0) is 16.3. The van der Waals surface area contributed by atoms with Gasteiger partial charge in [0.2, 0.25) is 0 Å². The highest BCUT2D eigenvalue weighted by Gasteiger charge is 2.28. The van der Waals surface area contributed by atoms with Crippen LogP contribution < -0.4 is 5.73 Å². The van der Waals surface area contributed by atoms with Crippen LogP contribution in [0.5, 0.6) is 0 Å². The van der Waals surface area contributed by atoms with E-state index in [9.17, 15) is 9.59 Å². The van der Waals surface area contributed by atoms with Gasteiger partial charge in [-0.25, -0.2) is 9.78 Å². The number of amides is 2. The summed E-state index contributed by atoms with van der Waals surface area (Å²) >= 11 is 0. The van der Waals surface area contributed by atoms with E-state index in [2.05, 4.69) is 4.98 Å². The van der Waals surface area contributed by atoms with Crippen molar-refractivity contribution in [2.24, 2.45) is 0 Å². The molecule has 0 aliphatic carbocycles. The lowest BCUT2D eigenvalue weighted by Crippen LogP contribution is -2.51. The van der Waals surface area contributed by atoms with E-state index in [4.69, 9.17) is 10.5 Å². The highest BCUT2D eigenvalue weighted by atomic mass is 16.6. The van der Waals surface area contributed by atoms with Crippen LogP contribution in [-0.2, 0) is 4.74 Å². The molecule has 0 atom stereocenters. The van der Waals surface area contributed by atoms with Crippen LogP contribution in [0.3, 0.4) is 0 Å². The third-order valence-corrected chi connectivity index (χ3v) is 3.21. The van der Waals surface area contributed by atoms with Gasteiger partial charge >= 0.3 is 6.09 Å². The molecule has 22 heavy (non-hydrogen) atoms. The van der Waals surface area contributed by atoms with Gasteiger partial charge in [0.05, 0.1) is 0 Å². The SMILES string of the molecule is CC(C)(C)OC(=O)N1CCN(C(=O)c2cccc(N)n2)CC1. The lowest BCUT2D eigenvalue weighted by atomic mass is 10.2. The number of nitrogens with two attached hydrogens (primary N) is 1. The summed E-state index contributed by atoms with van der Waals surface area (Å²) in [5.74, 6) is 0.148. The topological polar surface area (TPSA) is 88.8 Å². The van der Waals surface area contributed by atoms with Gasteiger partial charge in [-0.2, -0.15) is 0 Å². The fraction of sp³-hybridized carbons (Fsp3) is 0.533. The molecule has 1 aliphatic rings. The number of ether oxygens (including phenoxy) is 1. The summed E-state index contributed by atoms with van der Waals surface area (Å²) < 4.78 is 5.33. The van der Waals surface area contributed by atoms with E-state index < -0.39 is 5.60 Å². The van der Waals surface area contributed by atoms with Crippen LogP contribution >= 0.6 is 0 Å². The van der Waals surface area contributed by atoms with Gasteiger partial charge in [0.25, 0.3) is 5.91 Å². The Labute approximate surface area is 130 Å². The lowest BCUT2D eigenvalue weighted by molar-refractivity contribution is 0.0140. The predicted octanol–water partition coefficient (Wildman–Crippen LogP) is 1.36. The zero-order valence-electron chi connectivity index (χ0n) is 13.2. The molecule has 1 aromatic rings. The van der Waals surface area contributed by atoms with Crippen LogP contribution in [0, 0.1) is 0 Å². The second kappa shape index (κ2) is 6.21. The number of pyridine rings is 1. The number of carbonyl (C=O) groups excluding carboxylic acids is 2. The van der Waals surface area contributed by atoms with Crippen molar-refractivity contribution in [3.8, 4) is 0 Å². The summed E-state index contributed by atoms with van der Waals surface area (Å²) in [4.78, 5) is 31.6. The van der Waals surface area contributed by atoms with Gasteiger partial charge in [0.15, 0.2) is 0 Å². The largest absolute Gasteiger partial charge is 0.444 e. The summed E-state index contributed by atoms with van der Waals surface area (Å²) in [6, 6.07) is 4.97. The van der Waals surface area contributed by atoms with Gasteiger partial charge in [0, 0.05) is 26.2 Å². The molecule has 0 bridgehead atoms. The molecule has 0 unspecified atom stereocenters. The smallest absolute Gasteiger partial charge is 0.410 e. The first-order valence-corrected chi connectivity index (χ1v) is 7.26. The first-order valence-electron chi connectivity index (χ1n) is 7.26. The molecule has 0 spiro atoms. The number of rotatable bonds is 1. The van der Waals surface area contributed by atoms with Crippen molar-refractivity contribution in [2.75, 3.05) is 31.9 Å². The molecule has 1 fully saturated rings. The van der Waals surface area contributed by atoms with Crippen LogP contribution in [0.2, 0.25) is 0 Å².